The van der Waals surface area contributed by atoms with Gasteiger partial charge in [0.2, 0.25) is 0 Å². The first kappa shape index (κ1) is 14.7. The highest BCUT2D eigenvalue weighted by atomic mass is 32.2. The molecule has 1 aromatic carbocycles. The third kappa shape index (κ3) is 3.23. The van der Waals surface area contributed by atoms with Crippen LogP contribution in [0.4, 0.5) is 5.82 Å². The van der Waals surface area contributed by atoms with Gasteiger partial charge in [-0.15, -0.1) is 0 Å². The highest BCUT2D eigenvalue weighted by Gasteiger charge is 2.11. The van der Waals surface area contributed by atoms with Gasteiger partial charge in [-0.1, -0.05) is 6.92 Å². The molecule has 6 nitrogen and oxygen atoms in total. The molecule has 20 heavy (non-hydrogen) atoms. The number of sulfone groups is 1. The van der Waals surface area contributed by atoms with Gasteiger partial charge in [-0.25, -0.2) is 18.4 Å². The highest BCUT2D eigenvalue weighted by Crippen LogP contribution is 2.22. The molecule has 2 rings (SSSR count). The lowest BCUT2D eigenvalue weighted by atomic mass is 10.2. The summed E-state index contributed by atoms with van der Waals surface area (Å²) >= 11 is 0. The van der Waals surface area contributed by atoms with E-state index in [9.17, 15) is 13.5 Å². The average Bonchev–Trinajstić information content (AvgIpc) is 2.43. The minimum atomic E-state index is -3.28. The van der Waals surface area contributed by atoms with Crippen molar-refractivity contribution < 1.29 is 13.5 Å². The van der Waals surface area contributed by atoms with Gasteiger partial charge in [-0.05, 0) is 24.6 Å². The van der Waals surface area contributed by atoms with E-state index < -0.39 is 15.9 Å². The van der Waals surface area contributed by atoms with Gasteiger partial charge in [0, 0.05) is 18.2 Å². The Hall–Kier alpha value is -1.73. The molecule has 0 aliphatic heterocycles. The molecular weight excluding hydrogens is 278 g/mol. The molecular formula is C13H17N3O3S. The van der Waals surface area contributed by atoms with Crippen LogP contribution in [0, 0.1) is 0 Å². The number of fused-ring (bicyclic) bond motifs is 1. The van der Waals surface area contributed by atoms with Crippen molar-refractivity contribution in [1.82, 2.24) is 9.97 Å². The van der Waals surface area contributed by atoms with Crippen molar-refractivity contribution in [2.24, 2.45) is 0 Å². The molecule has 0 saturated heterocycles. The number of aliphatic hydroxyl groups excluding tert-OH is 1. The summed E-state index contributed by atoms with van der Waals surface area (Å²) in [5.74, 6) is 0.521. The van der Waals surface area contributed by atoms with Crippen LogP contribution in [0.25, 0.3) is 10.9 Å². The zero-order valence-corrected chi connectivity index (χ0v) is 12.2. The van der Waals surface area contributed by atoms with Gasteiger partial charge < -0.3 is 10.4 Å². The molecule has 1 atom stereocenters. The first-order valence-corrected chi connectivity index (χ1v) is 8.17. The van der Waals surface area contributed by atoms with Crippen LogP contribution in [0.3, 0.4) is 0 Å². The van der Waals surface area contributed by atoms with Gasteiger partial charge in [-0.3, -0.25) is 0 Å². The minimum absolute atomic E-state index is 0.221. The fourth-order valence-corrected chi connectivity index (χ4v) is 2.41. The quantitative estimate of drug-likeness (QED) is 0.861. The van der Waals surface area contributed by atoms with Gasteiger partial charge in [0.1, 0.15) is 12.1 Å². The van der Waals surface area contributed by atoms with E-state index in [0.717, 1.165) is 6.26 Å². The summed E-state index contributed by atoms with van der Waals surface area (Å²) < 4.78 is 23.2. The monoisotopic (exact) mass is 295 g/mol. The summed E-state index contributed by atoms with van der Waals surface area (Å²) in [7, 11) is -3.28. The third-order valence-corrected chi connectivity index (χ3v) is 4.12. The normalized spacial score (nSPS) is 13.3. The van der Waals surface area contributed by atoms with Crippen LogP contribution in [0.15, 0.2) is 29.4 Å². The molecule has 2 N–H and O–H groups in total. The van der Waals surface area contributed by atoms with Crippen LogP contribution in [-0.2, 0) is 9.84 Å². The molecule has 0 aliphatic rings. The van der Waals surface area contributed by atoms with Crippen LogP contribution in [0.1, 0.15) is 13.3 Å². The predicted molar refractivity (Wildman–Crippen MR) is 77.4 cm³/mol. The molecule has 2 aromatic rings. The van der Waals surface area contributed by atoms with Gasteiger partial charge in [0.15, 0.2) is 9.84 Å². The van der Waals surface area contributed by atoms with Crippen molar-refractivity contribution >= 4 is 26.6 Å². The summed E-state index contributed by atoms with van der Waals surface area (Å²) in [5, 5.41) is 13.2. The van der Waals surface area contributed by atoms with Gasteiger partial charge in [0.25, 0.3) is 0 Å². The topological polar surface area (TPSA) is 92.2 Å². The molecule has 1 heterocycles. The first-order chi connectivity index (χ1) is 9.41. The number of nitrogens with zero attached hydrogens (tertiary/aromatic N) is 2. The smallest absolute Gasteiger partial charge is 0.175 e. The van der Waals surface area contributed by atoms with Crippen molar-refractivity contribution in [3.05, 3.63) is 24.5 Å². The molecule has 0 amide bonds. The Morgan fingerprint density at radius 1 is 1.35 bits per heavy atom. The maximum atomic E-state index is 11.6. The maximum absolute atomic E-state index is 11.6. The zero-order chi connectivity index (χ0) is 14.8. The summed E-state index contributed by atoms with van der Waals surface area (Å²) in [6.07, 6.45) is 2.72. The molecule has 0 aliphatic carbocycles. The predicted octanol–water partition coefficient (Wildman–Crippen LogP) is 1.22. The fraction of sp³-hybridized carbons (Fsp3) is 0.385. The lowest BCUT2D eigenvalue weighted by Gasteiger charge is -2.12. The van der Waals surface area contributed by atoms with E-state index in [1.165, 1.54) is 12.4 Å². The number of benzene rings is 1. The average molecular weight is 295 g/mol. The van der Waals surface area contributed by atoms with E-state index in [-0.39, 0.29) is 4.90 Å². The Balaban J connectivity index is 2.44. The first-order valence-electron chi connectivity index (χ1n) is 6.28. The SMILES string of the molecule is CC[C@@H](O)CNc1ncnc2ccc(S(C)(=O)=O)cc12. The summed E-state index contributed by atoms with van der Waals surface area (Å²) in [6.45, 7) is 2.23. The standard InChI is InChI=1S/C13H17N3O3S/c1-3-9(17)7-14-13-11-6-10(20(2,18)19)4-5-12(11)15-8-16-13/h4-6,8-9,17H,3,7H2,1-2H3,(H,14,15,16)/t9-/m1/s1. The van der Waals surface area contributed by atoms with Gasteiger partial charge in [0.05, 0.1) is 16.5 Å². The maximum Gasteiger partial charge on any atom is 0.175 e. The van der Waals surface area contributed by atoms with Crippen molar-refractivity contribution in [3.8, 4) is 0 Å². The van der Waals surface area contributed by atoms with Crippen molar-refractivity contribution in [2.45, 2.75) is 24.3 Å². The number of aromatic nitrogens is 2. The Kier molecular flexibility index (Phi) is 4.20. The van der Waals surface area contributed by atoms with Crippen LogP contribution in [-0.4, -0.2) is 42.4 Å². The lowest BCUT2D eigenvalue weighted by molar-refractivity contribution is 0.183. The molecule has 0 fully saturated rings. The third-order valence-electron chi connectivity index (χ3n) is 3.01. The number of aliphatic hydroxyl groups is 1. The Labute approximate surface area is 117 Å². The zero-order valence-electron chi connectivity index (χ0n) is 11.4. The Morgan fingerprint density at radius 3 is 2.75 bits per heavy atom. The molecule has 0 bridgehead atoms. The summed E-state index contributed by atoms with van der Waals surface area (Å²) in [6, 6.07) is 4.72. The summed E-state index contributed by atoms with van der Waals surface area (Å²) in [4.78, 5) is 8.43. The van der Waals surface area contributed by atoms with E-state index in [4.69, 9.17) is 0 Å². The molecule has 0 saturated carbocycles. The number of hydrogen-bond acceptors (Lipinski definition) is 6. The molecule has 7 heteroatoms. The fourth-order valence-electron chi connectivity index (χ4n) is 1.77. The largest absolute Gasteiger partial charge is 0.391 e. The van der Waals surface area contributed by atoms with Crippen molar-refractivity contribution in [3.63, 3.8) is 0 Å². The second-order valence-electron chi connectivity index (χ2n) is 4.62. The molecule has 1 aromatic heterocycles. The molecule has 0 radical (unpaired) electrons. The van der Waals surface area contributed by atoms with Crippen LogP contribution in [0.2, 0.25) is 0 Å². The van der Waals surface area contributed by atoms with Crippen molar-refractivity contribution in [2.75, 3.05) is 18.1 Å². The molecule has 108 valence electrons. The van der Waals surface area contributed by atoms with E-state index in [1.807, 2.05) is 6.92 Å². The van der Waals surface area contributed by atoms with Crippen LogP contribution in [0.5, 0.6) is 0 Å². The van der Waals surface area contributed by atoms with Gasteiger partial charge >= 0.3 is 0 Å². The number of anilines is 1. The van der Waals surface area contributed by atoms with Gasteiger partial charge in [-0.2, -0.15) is 0 Å². The number of hydrogen-bond donors (Lipinski definition) is 2. The van der Waals surface area contributed by atoms with Crippen LogP contribution < -0.4 is 5.32 Å². The second kappa shape index (κ2) is 5.72. The van der Waals surface area contributed by atoms with Crippen LogP contribution >= 0.6 is 0 Å². The van der Waals surface area contributed by atoms with E-state index >= 15 is 0 Å². The van der Waals surface area contributed by atoms with E-state index in [0.29, 0.717) is 29.7 Å². The minimum Gasteiger partial charge on any atom is -0.391 e. The molecule has 0 unspecified atom stereocenters. The second-order valence-corrected chi connectivity index (χ2v) is 6.63. The highest BCUT2D eigenvalue weighted by molar-refractivity contribution is 7.90. The van der Waals surface area contributed by atoms with Crippen molar-refractivity contribution in [1.29, 1.82) is 0 Å². The Morgan fingerprint density at radius 2 is 2.10 bits per heavy atom. The number of nitrogens with one attached hydrogen (secondary N) is 1. The molecule has 0 spiro atoms. The van der Waals surface area contributed by atoms with E-state index in [2.05, 4.69) is 15.3 Å². The summed E-state index contributed by atoms with van der Waals surface area (Å²) in [5.41, 5.74) is 0.654. The van der Waals surface area contributed by atoms with E-state index in [1.54, 1.807) is 12.1 Å². The Bertz CT molecular complexity index is 716. The lowest BCUT2D eigenvalue weighted by Crippen LogP contribution is -2.19. The number of rotatable bonds is 5.